The lowest BCUT2D eigenvalue weighted by molar-refractivity contribution is -0.142. The first-order chi connectivity index (χ1) is 15.4. The molecule has 8 heteroatoms. The van der Waals surface area contributed by atoms with Gasteiger partial charge in [-0.25, -0.2) is 0 Å². The van der Waals surface area contributed by atoms with Crippen LogP contribution in [-0.2, 0) is 19.8 Å². The number of esters is 1. The molecule has 0 aromatic carbocycles. The van der Waals surface area contributed by atoms with Crippen LogP contribution < -0.4 is 4.72 Å². The van der Waals surface area contributed by atoms with Crippen LogP contribution in [0.2, 0.25) is 0 Å². The molecule has 0 heterocycles. The number of carbonyl (C=O) groups excluding carboxylic acids is 1. The zero-order chi connectivity index (χ0) is 24.2. The van der Waals surface area contributed by atoms with Crippen LogP contribution in [0.15, 0.2) is 0 Å². The van der Waals surface area contributed by atoms with Crippen molar-refractivity contribution in [1.82, 2.24) is 4.72 Å². The molecule has 0 aromatic heterocycles. The fraction of sp³-hybridized carbons (Fsp3) is 0.960. The van der Waals surface area contributed by atoms with Crippen LogP contribution in [0.5, 0.6) is 0 Å². The second kappa shape index (κ2) is 9.07. The minimum Gasteiger partial charge on any atom is -0.469 e. The maximum absolute atomic E-state index is 12.0. The third-order valence-electron chi connectivity index (χ3n) is 10.8. The second-order valence-electron chi connectivity index (χ2n) is 12.2. The number of hydrogen-bond donors (Lipinski definition) is 3. The molecule has 0 radical (unpaired) electrons. The average Bonchev–Trinajstić information content (AvgIpc) is 3.09. The van der Waals surface area contributed by atoms with E-state index in [2.05, 4.69) is 25.5 Å². The predicted octanol–water partition coefficient (Wildman–Crippen LogP) is 3.97. The van der Waals surface area contributed by atoms with Crippen LogP contribution in [-0.4, -0.2) is 43.3 Å². The summed E-state index contributed by atoms with van der Waals surface area (Å²) in [6.45, 7) is 7.02. The van der Waals surface area contributed by atoms with E-state index in [-0.39, 0.29) is 40.8 Å². The quantitative estimate of drug-likeness (QED) is 0.388. The van der Waals surface area contributed by atoms with Gasteiger partial charge in [0.1, 0.15) is 0 Å². The summed E-state index contributed by atoms with van der Waals surface area (Å²) in [5.41, 5.74) is 0.213. The van der Waals surface area contributed by atoms with Crippen LogP contribution >= 0.6 is 0 Å². The van der Waals surface area contributed by atoms with Crippen LogP contribution in [0.4, 0.5) is 0 Å². The highest BCUT2D eigenvalue weighted by molar-refractivity contribution is 7.83. The molecular weight excluding hydrogens is 442 g/mol. The van der Waals surface area contributed by atoms with E-state index >= 15 is 0 Å². The molecule has 4 fully saturated rings. The molecule has 190 valence electrons. The van der Waals surface area contributed by atoms with Crippen molar-refractivity contribution < 1.29 is 27.6 Å². The predicted molar refractivity (Wildman–Crippen MR) is 125 cm³/mol. The number of fused-ring (bicyclic) bond motifs is 5. The van der Waals surface area contributed by atoms with E-state index in [1.165, 1.54) is 7.11 Å². The molecule has 0 amide bonds. The van der Waals surface area contributed by atoms with E-state index < -0.39 is 10.3 Å². The molecule has 0 aromatic rings. The third kappa shape index (κ3) is 4.62. The summed E-state index contributed by atoms with van der Waals surface area (Å²) in [4.78, 5) is 11.7. The van der Waals surface area contributed by atoms with Crippen molar-refractivity contribution in [3.63, 3.8) is 0 Å². The summed E-state index contributed by atoms with van der Waals surface area (Å²) in [7, 11) is -2.87. The second-order valence-corrected chi connectivity index (χ2v) is 13.4. The number of aliphatic hydroxyl groups is 1. The molecular formula is C25H43NO6S. The number of ether oxygens (including phenoxy) is 1. The summed E-state index contributed by atoms with van der Waals surface area (Å²) in [6, 6.07) is -0.290. The van der Waals surface area contributed by atoms with Gasteiger partial charge < -0.3 is 9.84 Å². The first-order valence-electron chi connectivity index (χ1n) is 12.9. The van der Waals surface area contributed by atoms with E-state index in [0.29, 0.717) is 36.5 Å². The van der Waals surface area contributed by atoms with E-state index in [0.717, 1.165) is 51.4 Å². The van der Waals surface area contributed by atoms with Gasteiger partial charge in [0.25, 0.3) is 0 Å². The topological polar surface area (TPSA) is 113 Å². The van der Waals surface area contributed by atoms with Crippen molar-refractivity contribution in [2.45, 2.75) is 97.1 Å². The average molecular weight is 486 g/mol. The number of aliphatic hydroxyl groups excluding tert-OH is 1. The first kappa shape index (κ1) is 25.4. The molecule has 5 unspecified atom stereocenters. The van der Waals surface area contributed by atoms with E-state index in [1.54, 1.807) is 0 Å². The Kier molecular flexibility index (Phi) is 6.98. The number of carbonyl (C=O) groups is 1. The molecule has 4 rings (SSSR count). The van der Waals surface area contributed by atoms with Gasteiger partial charge in [-0.05, 0) is 104 Å². The summed E-state index contributed by atoms with van der Waals surface area (Å²) in [5.74, 6) is 1.99. The fourth-order valence-electron chi connectivity index (χ4n) is 9.18. The summed E-state index contributed by atoms with van der Waals surface area (Å²) >= 11 is 0. The van der Waals surface area contributed by atoms with Crippen LogP contribution in [0.1, 0.15) is 85.0 Å². The van der Waals surface area contributed by atoms with Crippen molar-refractivity contribution in [3.8, 4) is 0 Å². The molecule has 33 heavy (non-hydrogen) atoms. The van der Waals surface area contributed by atoms with Crippen LogP contribution in [0.3, 0.4) is 0 Å². The zero-order valence-corrected chi connectivity index (χ0v) is 21.4. The van der Waals surface area contributed by atoms with Gasteiger partial charge in [0.05, 0.1) is 13.2 Å². The first-order valence-corrected chi connectivity index (χ1v) is 14.3. The summed E-state index contributed by atoms with van der Waals surface area (Å²) in [6.07, 6.45) is 8.51. The molecule has 0 spiro atoms. The van der Waals surface area contributed by atoms with Gasteiger partial charge in [0.15, 0.2) is 0 Å². The van der Waals surface area contributed by atoms with Gasteiger partial charge in [-0.15, -0.1) is 0 Å². The lowest BCUT2D eigenvalue weighted by Crippen LogP contribution is -2.62. The smallest absolute Gasteiger partial charge is 0.333 e. The molecule has 0 bridgehead atoms. The van der Waals surface area contributed by atoms with E-state index in [1.807, 2.05) is 0 Å². The molecule has 7 nitrogen and oxygen atoms in total. The van der Waals surface area contributed by atoms with Crippen molar-refractivity contribution in [1.29, 1.82) is 0 Å². The molecule has 10 atom stereocenters. The molecule has 4 aliphatic carbocycles. The lowest BCUT2D eigenvalue weighted by atomic mass is 9.43. The Hall–Kier alpha value is -0.700. The van der Waals surface area contributed by atoms with Crippen molar-refractivity contribution in [2.24, 2.45) is 46.3 Å². The van der Waals surface area contributed by atoms with Gasteiger partial charge in [0.2, 0.25) is 0 Å². The van der Waals surface area contributed by atoms with Crippen LogP contribution in [0.25, 0.3) is 0 Å². The molecule has 4 aliphatic rings. The van der Waals surface area contributed by atoms with Crippen molar-refractivity contribution in [3.05, 3.63) is 0 Å². The highest BCUT2D eigenvalue weighted by atomic mass is 32.2. The van der Waals surface area contributed by atoms with Gasteiger partial charge in [0, 0.05) is 12.5 Å². The van der Waals surface area contributed by atoms with Crippen LogP contribution in [0, 0.1) is 46.3 Å². The minimum absolute atomic E-state index is 0.104. The van der Waals surface area contributed by atoms with Crippen molar-refractivity contribution in [2.75, 3.05) is 7.11 Å². The monoisotopic (exact) mass is 485 g/mol. The van der Waals surface area contributed by atoms with E-state index in [9.17, 15) is 22.9 Å². The number of methoxy groups -OCH3 is 1. The number of nitrogens with one attached hydrogen (secondary N) is 1. The Balaban J connectivity index is 1.62. The Labute approximate surface area is 199 Å². The van der Waals surface area contributed by atoms with Gasteiger partial charge >= 0.3 is 16.3 Å². The maximum Gasteiger partial charge on any atom is 0.333 e. The zero-order valence-electron chi connectivity index (χ0n) is 20.6. The van der Waals surface area contributed by atoms with Crippen molar-refractivity contribution >= 4 is 16.3 Å². The molecule has 4 saturated carbocycles. The SMILES string of the molecule is COC(=O)CC[C@@H](C)[C@H]1CC[C@H]2C3C(NS(=O)(=O)O)CC4C[C@H](O)CCC4(C)[C@H]3CCC12C. The Morgan fingerprint density at radius 2 is 1.76 bits per heavy atom. The highest BCUT2D eigenvalue weighted by Gasteiger charge is 2.63. The Morgan fingerprint density at radius 1 is 1.09 bits per heavy atom. The van der Waals surface area contributed by atoms with E-state index in [4.69, 9.17) is 4.74 Å². The molecule has 0 saturated heterocycles. The normalized spacial score (nSPS) is 46.1. The van der Waals surface area contributed by atoms with Gasteiger partial charge in [-0.3, -0.25) is 9.35 Å². The summed E-state index contributed by atoms with van der Waals surface area (Å²) in [5, 5.41) is 10.4. The maximum atomic E-state index is 12.0. The highest BCUT2D eigenvalue weighted by Crippen LogP contribution is 2.68. The number of rotatable bonds is 6. The summed E-state index contributed by atoms with van der Waals surface area (Å²) < 4.78 is 41.1. The number of hydrogen-bond acceptors (Lipinski definition) is 5. The molecule has 0 aliphatic heterocycles. The lowest BCUT2D eigenvalue weighted by Gasteiger charge is -2.63. The Bertz CT molecular complexity index is 848. The Morgan fingerprint density at radius 3 is 2.42 bits per heavy atom. The standard InChI is InChI=1S/C25H43NO6S/c1-15(5-8-22(28)32-4)18-6-7-19-23-20(10-12-25(18,19)3)24(2)11-9-17(27)13-16(24)14-21(23)26-33(29,30)31/h15-21,23,26-27H,5-14H2,1-4H3,(H,29,30,31)/t15-,16?,17-,18-,19+,20+,21?,23?,24?,25?/m1/s1. The van der Waals surface area contributed by atoms with Gasteiger partial charge in [-0.1, -0.05) is 20.8 Å². The van der Waals surface area contributed by atoms with Gasteiger partial charge in [-0.2, -0.15) is 13.1 Å². The molecule has 3 N–H and O–H groups in total. The third-order valence-corrected chi connectivity index (χ3v) is 11.4. The minimum atomic E-state index is -4.31. The largest absolute Gasteiger partial charge is 0.469 e. The fourth-order valence-corrected chi connectivity index (χ4v) is 9.82.